The topological polar surface area (TPSA) is 49.4 Å². The minimum atomic E-state index is -2.85. The molecule has 0 bridgehead atoms. The van der Waals surface area contributed by atoms with Gasteiger partial charge in [0.2, 0.25) is 0 Å². The number of hydrogen-bond donors (Lipinski definition) is 0. The molecule has 0 aliphatic rings. The van der Waals surface area contributed by atoms with Crippen molar-refractivity contribution in [2.45, 2.75) is 18.1 Å². The molecule has 23 heavy (non-hydrogen) atoms. The zero-order valence-corrected chi connectivity index (χ0v) is 17.5. The van der Waals surface area contributed by atoms with E-state index in [9.17, 15) is 0 Å². The Hall–Kier alpha value is -0.326. The molecule has 0 aromatic rings. The SMILES string of the molecule is C=CCN(CC=C)CC[Si](OC)(OC)C(C)[Si](OC)(OC)OC. The summed E-state index contributed by atoms with van der Waals surface area (Å²) >= 11 is 0. The maximum atomic E-state index is 5.90. The second-order valence-corrected chi connectivity index (χ2v) is 12.9. The van der Waals surface area contributed by atoms with Crippen molar-refractivity contribution in [3.8, 4) is 0 Å². The Balaban J connectivity index is 5.30. The molecular formula is C15H33NO5Si2. The largest absolute Gasteiger partial charge is 0.505 e. The molecule has 1 atom stereocenters. The van der Waals surface area contributed by atoms with Gasteiger partial charge >= 0.3 is 17.4 Å². The molecule has 0 saturated heterocycles. The third kappa shape index (κ3) is 5.61. The molecule has 1 unspecified atom stereocenters. The Morgan fingerprint density at radius 2 is 1.30 bits per heavy atom. The highest BCUT2D eigenvalue weighted by Gasteiger charge is 2.59. The smallest absolute Gasteiger partial charge is 0.397 e. The molecule has 0 amide bonds. The average Bonchev–Trinajstić information content (AvgIpc) is 2.58. The van der Waals surface area contributed by atoms with Gasteiger partial charge in [-0.25, -0.2) is 0 Å². The van der Waals surface area contributed by atoms with Crippen molar-refractivity contribution in [1.82, 2.24) is 4.90 Å². The Labute approximate surface area is 143 Å². The fourth-order valence-corrected chi connectivity index (χ4v) is 11.1. The second-order valence-electron chi connectivity index (χ2n) is 5.24. The van der Waals surface area contributed by atoms with Gasteiger partial charge in [0.15, 0.2) is 0 Å². The summed E-state index contributed by atoms with van der Waals surface area (Å²) in [5.74, 6) is 0. The maximum Gasteiger partial charge on any atom is 0.505 e. The van der Waals surface area contributed by atoms with Gasteiger partial charge in [-0.1, -0.05) is 19.1 Å². The first-order valence-corrected chi connectivity index (χ1v) is 11.6. The number of hydrogen-bond acceptors (Lipinski definition) is 6. The normalized spacial score (nSPS) is 14.0. The van der Waals surface area contributed by atoms with Gasteiger partial charge in [-0.3, -0.25) is 4.90 Å². The minimum Gasteiger partial charge on any atom is -0.397 e. The zero-order valence-electron chi connectivity index (χ0n) is 15.5. The first-order chi connectivity index (χ1) is 11.0. The summed E-state index contributed by atoms with van der Waals surface area (Å²) in [6.45, 7) is 12.0. The lowest BCUT2D eigenvalue weighted by Crippen LogP contribution is -2.60. The average molecular weight is 364 g/mol. The first-order valence-electron chi connectivity index (χ1n) is 7.65. The van der Waals surface area contributed by atoms with Gasteiger partial charge < -0.3 is 22.1 Å². The maximum absolute atomic E-state index is 5.90. The van der Waals surface area contributed by atoms with Crippen LogP contribution in [0.5, 0.6) is 0 Å². The van der Waals surface area contributed by atoms with Crippen molar-refractivity contribution in [3.05, 3.63) is 25.3 Å². The predicted octanol–water partition coefficient (Wildman–Crippen LogP) is 2.20. The molecule has 0 aromatic carbocycles. The fourth-order valence-electron chi connectivity index (χ4n) is 2.84. The van der Waals surface area contributed by atoms with Crippen molar-refractivity contribution in [3.63, 3.8) is 0 Å². The monoisotopic (exact) mass is 363 g/mol. The number of rotatable bonds is 14. The molecule has 136 valence electrons. The van der Waals surface area contributed by atoms with E-state index in [2.05, 4.69) is 18.1 Å². The van der Waals surface area contributed by atoms with E-state index in [0.717, 1.165) is 25.7 Å². The van der Waals surface area contributed by atoms with Crippen molar-refractivity contribution >= 4 is 17.4 Å². The fraction of sp³-hybridized carbons (Fsp3) is 0.733. The molecular weight excluding hydrogens is 330 g/mol. The second kappa shape index (κ2) is 11.3. The van der Waals surface area contributed by atoms with Crippen LogP contribution in [0.1, 0.15) is 6.92 Å². The molecule has 0 heterocycles. The summed E-state index contributed by atoms with van der Waals surface area (Å²) in [5.41, 5.74) is 0. The molecule has 0 aromatic heterocycles. The van der Waals surface area contributed by atoms with Gasteiger partial charge in [0.25, 0.3) is 0 Å². The van der Waals surface area contributed by atoms with E-state index in [4.69, 9.17) is 22.1 Å². The van der Waals surface area contributed by atoms with Crippen LogP contribution >= 0.6 is 0 Å². The summed E-state index contributed by atoms with van der Waals surface area (Å²) in [7, 11) is 2.78. The summed E-state index contributed by atoms with van der Waals surface area (Å²) in [6.07, 6.45) is 3.77. The van der Waals surface area contributed by atoms with Crippen LogP contribution in [0.2, 0.25) is 11.2 Å². The van der Waals surface area contributed by atoms with Crippen LogP contribution in [0.3, 0.4) is 0 Å². The summed E-state index contributed by atoms with van der Waals surface area (Å²) < 4.78 is 28.7. The van der Waals surface area contributed by atoms with E-state index in [-0.39, 0.29) is 5.16 Å². The minimum absolute atomic E-state index is 0.0701. The van der Waals surface area contributed by atoms with Crippen molar-refractivity contribution in [2.24, 2.45) is 0 Å². The molecule has 0 rings (SSSR count). The van der Waals surface area contributed by atoms with Crippen LogP contribution in [0.25, 0.3) is 0 Å². The Bertz CT molecular complexity index is 330. The van der Waals surface area contributed by atoms with Crippen LogP contribution in [-0.2, 0) is 22.1 Å². The lowest BCUT2D eigenvalue weighted by atomic mass is 10.4. The van der Waals surface area contributed by atoms with Crippen molar-refractivity contribution in [2.75, 3.05) is 55.2 Å². The summed E-state index contributed by atoms with van der Waals surface area (Å²) in [5, 5.41) is -0.0701. The van der Waals surface area contributed by atoms with E-state index in [1.165, 1.54) is 0 Å². The molecule has 6 nitrogen and oxygen atoms in total. The Morgan fingerprint density at radius 1 is 0.870 bits per heavy atom. The van der Waals surface area contributed by atoms with E-state index in [0.29, 0.717) is 0 Å². The van der Waals surface area contributed by atoms with Gasteiger partial charge in [0, 0.05) is 61.2 Å². The lowest BCUT2D eigenvalue weighted by molar-refractivity contribution is 0.111. The van der Waals surface area contributed by atoms with Crippen LogP contribution in [0.4, 0.5) is 0 Å². The van der Waals surface area contributed by atoms with Gasteiger partial charge in [-0.2, -0.15) is 0 Å². The first kappa shape index (κ1) is 22.7. The van der Waals surface area contributed by atoms with E-state index < -0.39 is 17.4 Å². The van der Waals surface area contributed by atoms with Crippen molar-refractivity contribution < 1.29 is 22.1 Å². The number of nitrogens with zero attached hydrogens (tertiary/aromatic N) is 1. The molecule has 0 radical (unpaired) electrons. The predicted molar refractivity (Wildman–Crippen MR) is 97.6 cm³/mol. The molecule has 0 fully saturated rings. The van der Waals surface area contributed by atoms with Gasteiger partial charge in [0.1, 0.15) is 0 Å². The van der Waals surface area contributed by atoms with Gasteiger partial charge in [0.05, 0.1) is 5.16 Å². The zero-order chi connectivity index (χ0) is 17.9. The Kier molecular flexibility index (Phi) is 11.1. The molecule has 0 aliphatic carbocycles. The van der Waals surface area contributed by atoms with Crippen LogP contribution in [-0.4, -0.2) is 77.4 Å². The van der Waals surface area contributed by atoms with Gasteiger partial charge in [-0.15, -0.1) is 13.2 Å². The van der Waals surface area contributed by atoms with Crippen LogP contribution < -0.4 is 0 Å². The molecule has 0 spiro atoms. The van der Waals surface area contributed by atoms with E-state index in [1.807, 2.05) is 19.1 Å². The lowest BCUT2D eigenvalue weighted by Gasteiger charge is -2.40. The van der Waals surface area contributed by atoms with Crippen molar-refractivity contribution in [1.29, 1.82) is 0 Å². The third-order valence-corrected chi connectivity index (χ3v) is 13.1. The molecule has 0 N–H and O–H groups in total. The highest BCUT2D eigenvalue weighted by molar-refractivity contribution is 6.85. The molecule has 0 saturated carbocycles. The standard InChI is InChI=1S/C15H33NO5Si2/c1-9-11-16(12-10-2)13-14-22(17-4,18-5)15(3)23(19-6,20-7)21-8/h9-10,15H,1-2,11-14H2,3-8H3. The molecule has 8 heteroatoms. The third-order valence-electron chi connectivity index (χ3n) is 4.29. The van der Waals surface area contributed by atoms with E-state index >= 15 is 0 Å². The van der Waals surface area contributed by atoms with Gasteiger partial charge in [-0.05, 0) is 0 Å². The van der Waals surface area contributed by atoms with E-state index in [1.54, 1.807) is 35.5 Å². The van der Waals surface area contributed by atoms with Crippen LogP contribution in [0, 0.1) is 0 Å². The van der Waals surface area contributed by atoms with Crippen LogP contribution in [0.15, 0.2) is 25.3 Å². The quantitative estimate of drug-likeness (QED) is 0.348. The Morgan fingerprint density at radius 3 is 1.61 bits per heavy atom. The molecule has 0 aliphatic heterocycles. The highest BCUT2D eigenvalue weighted by atomic mass is 28.4. The summed E-state index contributed by atoms with van der Waals surface area (Å²) in [4.78, 5) is 2.24. The highest BCUT2D eigenvalue weighted by Crippen LogP contribution is 2.36. The summed E-state index contributed by atoms with van der Waals surface area (Å²) in [6, 6.07) is 0.772.